The Labute approximate surface area is 116 Å². The molecule has 0 aliphatic rings. The van der Waals surface area contributed by atoms with Crippen LogP contribution in [0.25, 0.3) is 0 Å². The molecule has 4 heteroatoms. The van der Waals surface area contributed by atoms with Crippen molar-refractivity contribution in [2.24, 2.45) is 0 Å². The van der Waals surface area contributed by atoms with E-state index in [0.717, 1.165) is 12.0 Å². The van der Waals surface area contributed by atoms with E-state index >= 15 is 0 Å². The van der Waals surface area contributed by atoms with Crippen LogP contribution in [-0.2, 0) is 0 Å². The Bertz CT molecular complexity index is 220. The van der Waals surface area contributed by atoms with Crippen molar-refractivity contribution in [2.75, 3.05) is 5.75 Å². The second-order valence-corrected chi connectivity index (χ2v) is 5.64. The van der Waals surface area contributed by atoms with Gasteiger partial charge in [-0.1, -0.05) is 64.7 Å². The van der Waals surface area contributed by atoms with E-state index < -0.39 is 4.92 Å². The highest BCUT2D eigenvalue weighted by molar-refractivity contribution is 8.02. The highest BCUT2D eigenvalue weighted by Gasteiger charge is 1.93. The molecule has 0 unspecified atom stereocenters. The fourth-order valence-corrected chi connectivity index (χ4v) is 2.53. The van der Waals surface area contributed by atoms with E-state index in [-0.39, 0.29) is 0 Å². The van der Waals surface area contributed by atoms with Crippen LogP contribution in [0, 0.1) is 10.1 Å². The molecule has 18 heavy (non-hydrogen) atoms. The highest BCUT2D eigenvalue weighted by atomic mass is 32.2. The number of hydrogen-bond acceptors (Lipinski definition) is 3. The van der Waals surface area contributed by atoms with Crippen LogP contribution in [0.3, 0.4) is 0 Å². The molecule has 0 rings (SSSR count). The molecule has 0 saturated heterocycles. The summed E-state index contributed by atoms with van der Waals surface area (Å²) in [4.78, 5) is 9.59. The minimum Gasteiger partial charge on any atom is -0.259 e. The lowest BCUT2D eigenvalue weighted by Crippen LogP contribution is -1.84. The van der Waals surface area contributed by atoms with E-state index in [1.165, 1.54) is 76.0 Å². The van der Waals surface area contributed by atoms with Crippen LogP contribution in [0.5, 0.6) is 0 Å². The molecular formula is C14H27NO2S. The van der Waals surface area contributed by atoms with Gasteiger partial charge in [-0.3, -0.25) is 10.1 Å². The summed E-state index contributed by atoms with van der Waals surface area (Å²) in [6, 6.07) is 0. The molecular weight excluding hydrogens is 246 g/mol. The van der Waals surface area contributed by atoms with Crippen molar-refractivity contribution in [1.29, 1.82) is 0 Å². The van der Waals surface area contributed by atoms with Crippen molar-refractivity contribution in [2.45, 2.75) is 71.1 Å². The predicted octanol–water partition coefficient (Wildman–Crippen LogP) is 5.39. The minimum absolute atomic E-state index is 0.411. The third-order valence-electron chi connectivity index (χ3n) is 2.89. The smallest absolute Gasteiger partial charge is 0.240 e. The number of nitro groups is 1. The van der Waals surface area contributed by atoms with Crippen molar-refractivity contribution in [1.82, 2.24) is 0 Å². The van der Waals surface area contributed by atoms with Crippen LogP contribution in [-0.4, -0.2) is 10.7 Å². The van der Waals surface area contributed by atoms with E-state index in [2.05, 4.69) is 6.92 Å². The van der Waals surface area contributed by atoms with Crippen molar-refractivity contribution in [3.8, 4) is 0 Å². The zero-order valence-electron chi connectivity index (χ0n) is 11.6. The van der Waals surface area contributed by atoms with Gasteiger partial charge in [-0.15, -0.1) is 11.8 Å². The summed E-state index contributed by atoms with van der Waals surface area (Å²) >= 11 is 1.54. The second kappa shape index (κ2) is 14.6. The summed E-state index contributed by atoms with van der Waals surface area (Å²) in [6.45, 7) is 2.25. The normalized spacial score (nSPS) is 11.2. The standard InChI is InChI=1S/C14H27NO2S/c1-2-3-4-5-6-7-8-9-10-11-13-18-14-12-15(16)17/h12,14H,2-11,13H2,1H3/b14-12+. The van der Waals surface area contributed by atoms with Gasteiger partial charge in [-0.05, 0) is 12.2 Å². The van der Waals surface area contributed by atoms with Crippen molar-refractivity contribution < 1.29 is 4.92 Å². The molecule has 0 bridgehead atoms. The summed E-state index contributed by atoms with van der Waals surface area (Å²) < 4.78 is 0. The summed E-state index contributed by atoms with van der Waals surface area (Å²) in [5.41, 5.74) is 0. The first-order chi connectivity index (χ1) is 8.77. The molecule has 0 radical (unpaired) electrons. The molecule has 0 fully saturated rings. The Morgan fingerprint density at radius 3 is 1.94 bits per heavy atom. The number of rotatable bonds is 13. The zero-order chi connectivity index (χ0) is 13.5. The largest absolute Gasteiger partial charge is 0.259 e. The van der Waals surface area contributed by atoms with Gasteiger partial charge in [0.05, 0.1) is 4.92 Å². The molecule has 0 aliphatic heterocycles. The van der Waals surface area contributed by atoms with E-state index in [0.29, 0.717) is 0 Å². The number of nitrogens with zero attached hydrogens (tertiary/aromatic N) is 1. The average Bonchev–Trinajstić information content (AvgIpc) is 2.34. The number of thioether (sulfide) groups is 1. The van der Waals surface area contributed by atoms with Crippen molar-refractivity contribution in [3.63, 3.8) is 0 Å². The Morgan fingerprint density at radius 2 is 1.44 bits per heavy atom. The maximum Gasteiger partial charge on any atom is 0.240 e. The molecule has 0 amide bonds. The zero-order valence-corrected chi connectivity index (χ0v) is 12.4. The molecule has 0 saturated carbocycles. The Balaban J connectivity index is 3.01. The fourth-order valence-electron chi connectivity index (χ4n) is 1.83. The Hall–Kier alpha value is -0.510. The quantitative estimate of drug-likeness (QED) is 0.257. The van der Waals surface area contributed by atoms with E-state index in [4.69, 9.17) is 0 Å². The molecule has 3 nitrogen and oxygen atoms in total. The van der Waals surface area contributed by atoms with Crippen LogP contribution in [0.1, 0.15) is 71.1 Å². The maximum absolute atomic E-state index is 10.0. The lowest BCUT2D eigenvalue weighted by molar-refractivity contribution is -0.402. The van der Waals surface area contributed by atoms with Gasteiger partial charge in [0.2, 0.25) is 6.20 Å². The third kappa shape index (κ3) is 15.5. The first kappa shape index (κ1) is 17.5. The van der Waals surface area contributed by atoms with Crippen LogP contribution in [0.4, 0.5) is 0 Å². The van der Waals surface area contributed by atoms with Gasteiger partial charge in [-0.25, -0.2) is 0 Å². The molecule has 0 aliphatic carbocycles. The van der Waals surface area contributed by atoms with Gasteiger partial charge in [0.15, 0.2) is 0 Å². The Kier molecular flexibility index (Phi) is 14.1. The molecule has 0 N–H and O–H groups in total. The Morgan fingerprint density at radius 1 is 0.944 bits per heavy atom. The van der Waals surface area contributed by atoms with Crippen LogP contribution >= 0.6 is 11.8 Å². The minimum atomic E-state index is -0.411. The first-order valence-electron chi connectivity index (χ1n) is 7.19. The molecule has 0 aromatic heterocycles. The van der Waals surface area contributed by atoms with E-state index in [1.807, 2.05) is 0 Å². The van der Waals surface area contributed by atoms with Gasteiger partial charge in [-0.2, -0.15) is 0 Å². The second-order valence-electron chi connectivity index (χ2n) is 4.62. The van der Waals surface area contributed by atoms with Gasteiger partial charge in [0.25, 0.3) is 0 Å². The maximum atomic E-state index is 10.0. The molecule has 0 spiro atoms. The van der Waals surface area contributed by atoms with Crippen LogP contribution in [0.15, 0.2) is 11.6 Å². The lowest BCUT2D eigenvalue weighted by Gasteiger charge is -2.01. The monoisotopic (exact) mass is 273 g/mol. The topological polar surface area (TPSA) is 43.1 Å². The van der Waals surface area contributed by atoms with Crippen molar-refractivity contribution in [3.05, 3.63) is 21.7 Å². The molecule has 106 valence electrons. The van der Waals surface area contributed by atoms with Gasteiger partial charge in [0.1, 0.15) is 0 Å². The van der Waals surface area contributed by atoms with Gasteiger partial charge < -0.3 is 0 Å². The summed E-state index contributed by atoms with van der Waals surface area (Å²) in [6.07, 6.45) is 14.4. The third-order valence-corrected chi connectivity index (χ3v) is 3.73. The van der Waals surface area contributed by atoms with Crippen LogP contribution in [0.2, 0.25) is 0 Å². The number of unbranched alkanes of at least 4 members (excludes halogenated alkanes) is 9. The first-order valence-corrected chi connectivity index (χ1v) is 8.24. The van der Waals surface area contributed by atoms with Gasteiger partial charge in [0, 0.05) is 5.41 Å². The van der Waals surface area contributed by atoms with Gasteiger partial charge >= 0.3 is 0 Å². The average molecular weight is 273 g/mol. The fraction of sp³-hybridized carbons (Fsp3) is 0.857. The van der Waals surface area contributed by atoms with Crippen LogP contribution < -0.4 is 0 Å². The SMILES string of the molecule is CCCCCCCCCCCCS/C=C/[N+](=O)[O-]. The summed E-state index contributed by atoms with van der Waals surface area (Å²) in [5, 5.41) is 11.6. The number of hydrogen-bond donors (Lipinski definition) is 0. The highest BCUT2D eigenvalue weighted by Crippen LogP contribution is 2.12. The van der Waals surface area contributed by atoms with E-state index in [9.17, 15) is 10.1 Å². The lowest BCUT2D eigenvalue weighted by atomic mass is 10.1. The van der Waals surface area contributed by atoms with E-state index in [1.54, 1.807) is 5.41 Å². The van der Waals surface area contributed by atoms with Crippen molar-refractivity contribution >= 4 is 11.8 Å². The predicted molar refractivity (Wildman–Crippen MR) is 80.4 cm³/mol. The summed E-state index contributed by atoms with van der Waals surface area (Å²) in [7, 11) is 0. The molecule has 0 aromatic carbocycles. The molecule has 0 heterocycles. The molecule has 0 aromatic rings. The molecule has 0 atom stereocenters. The summed E-state index contributed by atoms with van der Waals surface area (Å²) in [5.74, 6) is 1.00.